The van der Waals surface area contributed by atoms with Crippen LogP contribution in [0.3, 0.4) is 0 Å². The molecule has 1 atom stereocenters. The van der Waals surface area contributed by atoms with E-state index in [1.807, 2.05) is 4.57 Å². The first kappa shape index (κ1) is 21.5. The molecule has 1 N–H and O–H groups in total. The largest absolute Gasteiger partial charge is 0.481 e. The Morgan fingerprint density at radius 3 is 2.80 bits per heavy atom. The van der Waals surface area contributed by atoms with E-state index in [9.17, 15) is 18.3 Å². The van der Waals surface area contributed by atoms with Gasteiger partial charge in [0.1, 0.15) is 0 Å². The monoisotopic (exact) mass is 484 g/mol. The minimum Gasteiger partial charge on any atom is -0.481 e. The van der Waals surface area contributed by atoms with Gasteiger partial charge in [0.25, 0.3) is 0 Å². The third-order valence-corrected chi connectivity index (χ3v) is 8.28. The fraction of sp³-hybridized carbons (Fsp3) is 0.300. The van der Waals surface area contributed by atoms with Crippen LogP contribution in [0.15, 0.2) is 45.3 Å². The smallest absolute Gasteiger partial charge is 0.304 e. The van der Waals surface area contributed by atoms with Crippen LogP contribution in [0, 0.1) is 0 Å². The van der Waals surface area contributed by atoms with Crippen LogP contribution < -0.4 is 0 Å². The summed E-state index contributed by atoms with van der Waals surface area (Å²) in [5.74, 6) is -1.13. The molecule has 0 amide bonds. The van der Waals surface area contributed by atoms with E-state index < -0.39 is 15.8 Å². The molecule has 1 aliphatic rings. The number of rotatable bonds is 5. The maximum atomic E-state index is 12.5. The Kier molecular flexibility index (Phi) is 5.78. The molecule has 1 unspecified atom stereocenters. The lowest BCUT2D eigenvalue weighted by Gasteiger charge is -2.25. The standard InChI is InChI=1S/C20H18Cl2N2O4S2/c1-30(27,28)20-16-13(7-8-23-20)24-9-3-4-11(10-15(25)26)18(24)19(16)29-14-6-2-5-12(21)17(14)22/h2,5-8,11H,3-4,9-10H2,1H3,(H,25,26). The molecule has 0 aliphatic carbocycles. The van der Waals surface area contributed by atoms with Crippen molar-refractivity contribution in [3.05, 3.63) is 46.2 Å². The Bertz CT molecular complexity index is 1270. The Hall–Kier alpha value is -1.74. The number of nitrogens with zero attached hydrogens (tertiary/aromatic N) is 2. The van der Waals surface area contributed by atoms with Gasteiger partial charge < -0.3 is 9.67 Å². The quantitative estimate of drug-likeness (QED) is 0.531. The van der Waals surface area contributed by atoms with E-state index in [-0.39, 0.29) is 17.4 Å². The van der Waals surface area contributed by atoms with Crippen molar-refractivity contribution in [3.63, 3.8) is 0 Å². The number of hydrogen-bond donors (Lipinski definition) is 1. The second kappa shape index (κ2) is 8.07. The number of carboxylic acid groups (broad SMARTS) is 1. The van der Waals surface area contributed by atoms with Crippen molar-refractivity contribution in [3.8, 4) is 0 Å². The minimum absolute atomic E-state index is 0.0170. The van der Waals surface area contributed by atoms with Crippen molar-refractivity contribution in [2.24, 2.45) is 0 Å². The molecule has 0 saturated carbocycles. The van der Waals surface area contributed by atoms with Gasteiger partial charge >= 0.3 is 5.97 Å². The Balaban J connectivity index is 2.05. The number of carbonyl (C=O) groups is 1. The van der Waals surface area contributed by atoms with E-state index in [2.05, 4.69) is 4.98 Å². The first-order chi connectivity index (χ1) is 14.2. The Morgan fingerprint density at radius 1 is 1.33 bits per heavy atom. The van der Waals surface area contributed by atoms with Gasteiger partial charge in [-0.25, -0.2) is 13.4 Å². The molecule has 0 bridgehead atoms. The van der Waals surface area contributed by atoms with Crippen LogP contribution in [0.2, 0.25) is 10.0 Å². The van der Waals surface area contributed by atoms with Gasteiger partial charge in [-0.05, 0) is 31.0 Å². The molecule has 30 heavy (non-hydrogen) atoms. The van der Waals surface area contributed by atoms with E-state index in [0.717, 1.165) is 23.9 Å². The van der Waals surface area contributed by atoms with E-state index in [0.29, 0.717) is 38.2 Å². The van der Waals surface area contributed by atoms with Crippen LogP contribution >= 0.6 is 35.0 Å². The van der Waals surface area contributed by atoms with Gasteiger partial charge in [-0.1, -0.05) is 41.0 Å². The van der Waals surface area contributed by atoms with Gasteiger partial charge in [0.2, 0.25) is 0 Å². The fourth-order valence-electron chi connectivity index (χ4n) is 4.00. The number of fused-ring (bicyclic) bond motifs is 3. The van der Waals surface area contributed by atoms with Crippen LogP contribution in [-0.4, -0.2) is 35.3 Å². The van der Waals surface area contributed by atoms with Gasteiger partial charge in [-0.3, -0.25) is 4.79 Å². The highest BCUT2D eigenvalue weighted by molar-refractivity contribution is 7.99. The summed E-state index contributed by atoms with van der Waals surface area (Å²) in [6.07, 6.45) is 4.10. The molecule has 1 aromatic carbocycles. The number of sulfone groups is 1. The molecular weight excluding hydrogens is 467 g/mol. The van der Waals surface area contributed by atoms with E-state index in [1.165, 1.54) is 18.0 Å². The zero-order valence-corrected chi connectivity index (χ0v) is 19.1. The predicted octanol–water partition coefficient (Wildman–Crippen LogP) is 5.25. The molecule has 3 aromatic rings. The van der Waals surface area contributed by atoms with Crippen molar-refractivity contribution in [2.45, 2.75) is 46.5 Å². The third-order valence-electron chi connectivity index (χ3n) is 5.16. The topological polar surface area (TPSA) is 89.3 Å². The van der Waals surface area contributed by atoms with Crippen LogP contribution in [0.4, 0.5) is 0 Å². The lowest BCUT2D eigenvalue weighted by molar-refractivity contribution is -0.137. The van der Waals surface area contributed by atoms with E-state index in [4.69, 9.17) is 23.2 Å². The molecule has 0 fully saturated rings. The average Bonchev–Trinajstić information content (AvgIpc) is 2.99. The Morgan fingerprint density at radius 2 is 2.10 bits per heavy atom. The average molecular weight is 485 g/mol. The molecule has 0 spiro atoms. The van der Waals surface area contributed by atoms with Crippen molar-refractivity contribution in [1.29, 1.82) is 0 Å². The van der Waals surface area contributed by atoms with Crippen LogP contribution in [0.1, 0.15) is 30.9 Å². The molecule has 0 saturated heterocycles. The number of carboxylic acids is 1. The van der Waals surface area contributed by atoms with Crippen LogP contribution in [0.5, 0.6) is 0 Å². The van der Waals surface area contributed by atoms with Gasteiger partial charge in [0.15, 0.2) is 14.9 Å². The number of aryl methyl sites for hydroxylation is 1. The molecule has 158 valence electrons. The van der Waals surface area contributed by atoms with Crippen molar-refractivity contribution < 1.29 is 18.3 Å². The molecular formula is C20H18Cl2N2O4S2. The van der Waals surface area contributed by atoms with E-state index in [1.54, 1.807) is 24.3 Å². The number of hydrogen-bond acceptors (Lipinski definition) is 5. The number of aliphatic carboxylic acids is 1. The van der Waals surface area contributed by atoms with Gasteiger partial charge in [-0.15, -0.1) is 0 Å². The van der Waals surface area contributed by atoms with Crippen LogP contribution in [-0.2, 0) is 21.2 Å². The second-order valence-corrected chi connectivity index (χ2v) is 11.0. The molecule has 4 rings (SSSR count). The minimum atomic E-state index is -3.62. The SMILES string of the molecule is CS(=O)(=O)c1nccc2c1c(Sc1cccc(Cl)c1Cl)c1n2CCCC1CC(=O)O. The zero-order chi connectivity index (χ0) is 21.6. The summed E-state index contributed by atoms with van der Waals surface area (Å²) in [5.41, 5.74) is 1.55. The number of halogens is 2. The number of pyridine rings is 1. The van der Waals surface area contributed by atoms with Crippen molar-refractivity contribution in [1.82, 2.24) is 9.55 Å². The summed E-state index contributed by atoms with van der Waals surface area (Å²) < 4.78 is 27.1. The summed E-state index contributed by atoms with van der Waals surface area (Å²) in [6.45, 7) is 0.680. The lowest BCUT2D eigenvalue weighted by Crippen LogP contribution is -2.18. The molecule has 2 aromatic heterocycles. The summed E-state index contributed by atoms with van der Waals surface area (Å²) in [5, 5.41) is 10.7. The second-order valence-electron chi connectivity index (χ2n) is 7.24. The first-order valence-electron chi connectivity index (χ1n) is 9.23. The highest BCUT2D eigenvalue weighted by Crippen LogP contribution is 2.48. The first-order valence-corrected chi connectivity index (χ1v) is 12.7. The predicted molar refractivity (Wildman–Crippen MR) is 118 cm³/mol. The number of aromatic nitrogens is 2. The molecule has 1 aliphatic heterocycles. The zero-order valence-electron chi connectivity index (χ0n) is 15.9. The summed E-state index contributed by atoms with van der Waals surface area (Å²) in [6, 6.07) is 7.03. The Labute approximate surface area is 188 Å². The summed E-state index contributed by atoms with van der Waals surface area (Å²) in [4.78, 5) is 17.0. The normalized spacial score (nSPS) is 16.6. The molecule has 0 radical (unpaired) electrons. The van der Waals surface area contributed by atoms with Gasteiger partial charge in [0.05, 0.1) is 27.4 Å². The maximum absolute atomic E-state index is 12.5. The number of benzene rings is 1. The fourth-order valence-corrected chi connectivity index (χ4v) is 6.62. The van der Waals surface area contributed by atoms with E-state index >= 15 is 0 Å². The van der Waals surface area contributed by atoms with Gasteiger partial charge in [0, 0.05) is 40.4 Å². The van der Waals surface area contributed by atoms with Crippen molar-refractivity contribution >= 4 is 61.7 Å². The third kappa shape index (κ3) is 3.82. The maximum Gasteiger partial charge on any atom is 0.304 e. The molecule has 10 heteroatoms. The summed E-state index contributed by atoms with van der Waals surface area (Å²) in [7, 11) is -3.62. The summed E-state index contributed by atoms with van der Waals surface area (Å²) >= 11 is 13.9. The van der Waals surface area contributed by atoms with Crippen LogP contribution in [0.25, 0.3) is 10.9 Å². The highest BCUT2D eigenvalue weighted by Gasteiger charge is 2.32. The molecule has 6 nitrogen and oxygen atoms in total. The van der Waals surface area contributed by atoms with Gasteiger partial charge in [-0.2, -0.15) is 0 Å². The van der Waals surface area contributed by atoms with Crippen molar-refractivity contribution in [2.75, 3.05) is 6.26 Å². The highest BCUT2D eigenvalue weighted by atomic mass is 35.5. The molecule has 3 heterocycles. The lowest BCUT2D eigenvalue weighted by atomic mass is 9.93.